The zero-order chi connectivity index (χ0) is 13.9. The summed E-state index contributed by atoms with van der Waals surface area (Å²) in [5, 5.41) is 10.2. The molecular weight excluding hydrogens is 238 g/mol. The highest BCUT2D eigenvalue weighted by Gasteiger charge is 2.34. The van der Waals surface area contributed by atoms with Gasteiger partial charge >= 0.3 is 0 Å². The van der Waals surface area contributed by atoms with E-state index in [-0.39, 0.29) is 6.10 Å². The molecule has 0 amide bonds. The van der Waals surface area contributed by atoms with Crippen molar-refractivity contribution in [2.75, 3.05) is 33.4 Å². The predicted octanol–water partition coefficient (Wildman–Crippen LogP) is 2.53. The van der Waals surface area contributed by atoms with Crippen LogP contribution in [0.15, 0.2) is 0 Å². The Labute approximate surface area is 118 Å². The first-order valence-corrected chi connectivity index (χ1v) is 7.91. The zero-order valence-electron chi connectivity index (χ0n) is 12.9. The van der Waals surface area contributed by atoms with Gasteiger partial charge in [-0.05, 0) is 56.4 Å². The minimum Gasteiger partial charge on any atom is -0.393 e. The first kappa shape index (κ1) is 15.3. The van der Waals surface area contributed by atoms with Gasteiger partial charge in [0, 0.05) is 26.3 Å². The molecule has 3 nitrogen and oxygen atoms in total. The highest BCUT2D eigenvalue weighted by atomic mass is 16.5. The summed E-state index contributed by atoms with van der Waals surface area (Å²) >= 11 is 0. The largest absolute Gasteiger partial charge is 0.393 e. The molecule has 1 saturated heterocycles. The summed E-state index contributed by atoms with van der Waals surface area (Å²) < 4.78 is 5.42. The van der Waals surface area contributed by atoms with Crippen LogP contribution in [0.3, 0.4) is 0 Å². The van der Waals surface area contributed by atoms with Crippen LogP contribution in [0.2, 0.25) is 0 Å². The van der Waals surface area contributed by atoms with Gasteiger partial charge in [-0.3, -0.25) is 0 Å². The van der Waals surface area contributed by atoms with Crippen molar-refractivity contribution < 1.29 is 9.84 Å². The van der Waals surface area contributed by atoms with Crippen molar-refractivity contribution in [2.45, 2.75) is 52.1 Å². The summed E-state index contributed by atoms with van der Waals surface area (Å²) in [4.78, 5) is 2.44. The minimum atomic E-state index is -0.0924. The van der Waals surface area contributed by atoms with Gasteiger partial charge in [0.2, 0.25) is 0 Å². The van der Waals surface area contributed by atoms with E-state index in [9.17, 15) is 5.11 Å². The van der Waals surface area contributed by atoms with E-state index < -0.39 is 0 Å². The van der Waals surface area contributed by atoms with E-state index in [2.05, 4.69) is 25.8 Å². The van der Waals surface area contributed by atoms with Crippen LogP contribution in [0.25, 0.3) is 0 Å². The summed E-state index contributed by atoms with van der Waals surface area (Å²) in [7, 11) is 2.21. The maximum atomic E-state index is 10.2. The molecule has 1 aliphatic carbocycles. The summed E-state index contributed by atoms with van der Waals surface area (Å²) in [6.45, 7) is 8.73. The molecule has 19 heavy (non-hydrogen) atoms. The third-order valence-electron chi connectivity index (χ3n) is 4.93. The van der Waals surface area contributed by atoms with E-state index in [1.54, 1.807) is 0 Å². The lowest BCUT2D eigenvalue weighted by molar-refractivity contribution is 0.00116. The molecule has 0 radical (unpaired) electrons. The molecule has 0 spiro atoms. The van der Waals surface area contributed by atoms with Gasteiger partial charge in [-0.15, -0.1) is 0 Å². The maximum absolute atomic E-state index is 10.2. The maximum Gasteiger partial charge on any atom is 0.0581 e. The highest BCUT2D eigenvalue weighted by Crippen LogP contribution is 2.39. The summed E-state index contributed by atoms with van der Waals surface area (Å²) in [6.07, 6.45) is 5.60. The van der Waals surface area contributed by atoms with Crippen molar-refractivity contribution in [3.8, 4) is 0 Å². The molecule has 1 heterocycles. The van der Waals surface area contributed by atoms with Crippen LogP contribution in [0.5, 0.6) is 0 Å². The standard InChI is InChI=1S/C16H31NO2/c1-16(2)7-4-15(18)14(10-16)12-17(3)11-13-5-8-19-9-6-13/h13-15,18H,4-12H2,1-3H3. The van der Waals surface area contributed by atoms with Crippen LogP contribution in [-0.4, -0.2) is 49.5 Å². The first-order valence-electron chi connectivity index (χ1n) is 7.91. The molecule has 1 aliphatic heterocycles. The number of aliphatic hydroxyl groups is 1. The van der Waals surface area contributed by atoms with Gasteiger partial charge in [0.1, 0.15) is 0 Å². The quantitative estimate of drug-likeness (QED) is 0.851. The minimum absolute atomic E-state index is 0.0924. The number of aliphatic hydroxyl groups excluding tert-OH is 1. The predicted molar refractivity (Wildman–Crippen MR) is 78.2 cm³/mol. The molecular formula is C16H31NO2. The average Bonchev–Trinajstić information content (AvgIpc) is 2.35. The van der Waals surface area contributed by atoms with Crippen molar-refractivity contribution in [2.24, 2.45) is 17.3 Å². The molecule has 0 aromatic carbocycles. The second-order valence-corrected chi connectivity index (χ2v) is 7.51. The monoisotopic (exact) mass is 269 g/mol. The Hall–Kier alpha value is -0.120. The van der Waals surface area contributed by atoms with Crippen LogP contribution >= 0.6 is 0 Å². The van der Waals surface area contributed by atoms with E-state index in [1.165, 1.54) is 12.8 Å². The molecule has 0 aromatic heterocycles. The van der Waals surface area contributed by atoms with Gasteiger partial charge in [0.15, 0.2) is 0 Å². The second kappa shape index (κ2) is 6.55. The number of ether oxygens (including phenoxy) is 1. The number of rotatable bonds is 4. The zero-order valence-corrected chi connectivity index (χ0v) is 12.9. The lowest BCUT2D eigenvalue weighted by Gasteiger charge is -2.40. The molecule has 1 N–H and O–H groups in total. The smallest absolute Gasteiger partial charge is 0.0581 e. The molecule has 0 aromatic rings. The molecule has 1 saturated carbocycles. The van der Waals surface area contributed by atoms with Crippen molar-refractivity contribution in [1.29, 1.82) is 0 Å². The van der Waals surface area contributed by atoms with Gasteiger partial charge in [0.25, 0.3) is 0 Å². The normalized spacial score (nSPS) is 32.7. The van der Waals surface area contributed by atoms with Crippen molar-refractivity contribution >= 4 is 0 Å². The molecule has 2 atom stereocenters. The van der Waals surface area contributed by atoms with Crippen LogP contribution in [0, 0.1) is 17.3 Å². The fraction of sp³-hybridized carbons (Fsp3) is 1.00. The Bertz CT molecular complexity index is 274. The van der Waals surface area contributed by atoms with Crippen LogP contribution in [0.1, 0.15) is 46.0 Å². The van der Waals surface area contributed by atoms with Gasteiger partial charge in [-0.1, -0.05) is 13.8 Å². The van der Waals surface area contributed by atoms with Gasteiger partial charge in [-0.2, -0.15) is 0 Å². The SMILES string of the molecule is CN(CC1CCOCC1)CC1CC(C)(C)CCC1O. The van der Waals surface area contributed by atoms with Gasteiger partial charge < -0.3 is 14.7 Å². The average molecular weight is 269 g/mol. The van der Waals surface area contributed by atoms with Gasteiger partial charge in [-0.25, -0.2) is 0 Å². The van der Waals surface area contributed by atoms with E-state index in [0.717, 1.165) is 51.5 Å². The van der Waals surface area contributed by atoms with Crippen molar-refractivity contribution in [1.82, 2.24) is 4.90 Å². The summed E-state index contributed by atoms with van der Waals surface area (Å²) in [5.41, 5.74) is 0.406. The Morgan fingerprint density at radius 1 is 1.16 bits per heavy atom. The van der Waals surface area contributed by atoms with E-state index in [1.807, 2.05) is 0 Å². The lowest BCUT2D eigenvalue weighted by Crippen LogP contribution is -2.41. The summed E-state index contributed by atoms with van der Waals surface area (Å²) in [5.74, 6) is 1.24. The summed E-state index contributed by atoms with van der Waals surface area (Å²) in [6, 6.07) is 0. The number of hydrogen-bond acceptors (Lipinski definition) is 3. The first-order chi connectivity index (χ1) is 8.96. The third kappa shape index (κ3) is 4.73. The van der Waals surface area contributed by atoms with Gasteiger partial charge in [0.05, 0.1) is 6.10 Å². The van der Waals surface area contributed by atoms with Crippen LogP contribution in [-0.2, 0) is 4.74 Å². The fourth-order valence-corrected chi connectivity index (χ4v) is 3.75. The third-order valence-corrected chi connectivity index (χ3v) is 4.93. The van der Waals surface area contributed by atoms with Crippen molar-refractivity contribution in [3.05, 3.63) is 0 Å². The second-order valence-electron chi connectivity index (χ2n) is 7.51. The Kier molecular flexibility index (Phi) is 5.27. The molecule has 112 valence electrons. The Balaban J connectivity index is 1.78. The molecule has 2 rings (SSSR count). The van der Waals surface area contributed by atoms with Crippen molar-refractivity contribution in [3.63, 3.8) is 0 Å². The van der Waals surface area contributed by atoms with E-state index in [4.69, 9.17) is 4.74 Å². The molecule has 2 fully saturated rings. The Morgan fingerprint density at radius 2 is 1.84 bits per heavy atom. The lowest BCUT2D eigenvalue weighted by atomic mass is 9.70. The Morgan fingerprint density at radius 3 is 2.53 bits per heavy atom. The van der Waals surface area contributed by atoms with Crippen LogP contribution in [0.4, 0.5) is 0 Å². The molecule has 2 aliphatic rings. The van der Waals surface area contributed by atoms with E-state index in [0.29, 0.717) is 11.3 Å². The fourth-order valence-electron chi connectivity index (χ4n) is 3.75. The topological polar surface area (TPSA) is 32.7 Å². The number of nitrogens with zero attached hydrogens (tertiary/aromatic N) is 1. The molecule has 0 bridgehead atoms. The van der Waals surface area contributed by atoms with E-state index >= 15 is 0 Å². The molecule has 2 unspecified atom stereocenters. The molecule has 3 heteroatoms. The number of hydrogen-bond donors (Lipinski definition) is 1. The highest BCUT2D eigenvalue weighted by molar-refractivity contribution is 4.86. The van der Waals surface area contributed by atoms with Crippen LogP contribution < -0.4 is 0 Å².